The van der Waals surface area contributed by atoms with E-state index < -0.39 is 19.3 Å². The summed E-state index contributed by atoms with van der Waals surface area (Å²) in [5, 5.41) is 0. The Morgan fingerprint density at radius 3 is 2.72 bits per heavy atom. The Hall–Kier alpha value is -1.40. The van der Waals surface area contributed by atoms with E-state index in [1.807, 2.05) is 6.92 Å². The third-order valence-electron chi connectivity index (χ3n) is 8.52. The maximum absolute atomic E-state index is 13.4. The molecule has 4 fully saturated rings. The molecule has 5 nitrogen and oxygen atoms in total. The number of carbonyl (C=O) groups excluding carboxylic acids is 2. The zero-order chi connectivity index (χ0) is 21.0. The average molecular weight is 417 g/mol. The first kappa shape index (κ1) is 19.6. The van der Waals surface area contributed by atoms with Gasteiger partial charge < -0.3 is 13.9 Å². The predicted molar refractivity (Wildman–Crippen MR) is 110 cm³/mol. The molecule has 29 heavy (non-hydrogen) atoms. The van der Waals surface area contributed by atoms with Crippen molar-refractivity contribution in [1.29, 1.82) is 0 Å². The molecule has 0 aromatic rings. The van der Waals surface area contributed by atoms with Gasteiger partial charge in [0.25, 0.3) is 0 Å². The second-order valence-corrected chi connectivity index (χ2v) is 15.5. The highest BCUT2D eigenvalue weighted by atomic mass is 28.4. The lowest BCUT2D eigenvalue weighted by Gasteiger charge is -2.46. The molecule has 3 unspecified atom stereocenters. The lowest BCUT2D eigenvalue weighted by atomic mass is 9.59. The van der Waals surface area contributed by atoms with Crippen molar-refractivity contribution >= 4 is 20.3 Å². The summed E-state index contributed by atoms with van der Waals surface area (Å²) >= 11 is 0. The molecule has 0 radical (unpaired) electrons. The number of ether oxygens (including phenoxy) is 2. The van der Waals surface area contributed by atoms with Crippen molar-refractivity contribution in [2.45, 2.75) is 70.4 Å². The quantitative estimate of drug-likeness (QED) is 0.395. The Labute approximate surface area is 174 Å². The summed E-state index contributed by atoms with van der Waals surface area (Å²) in [5.74, 6) is -0.618. The highest BCUT2D eigenvalue weighted by molar-refractivity contribution is 6.69. The first-order valence-corrected chi connectivity index (χ1v) is 14.3. The van der Waals surface area contributed by atoms with Crippen molar-refractivity contribution in [1.82, 2.24) is 0 Å². The zero-order valence-corrected chi connectivity index (χ0v) is 19.2. The monoisotopic (exact) mass is 416 g/mol. The average Bonchev–Trinajstić information content (AvgIpc) is 3.09. The van der Waals surface area contributed by atoms with Gasteiger partial charge in [0.15, 0.2) is 8.32 Å². The molecule has 1 spiro atoms. The molecule has 3 saturated carbocycles. The summed E-state index contributed by atoms with van der Waals surface area (Å²) in [7, 11) is -0.424. The topological polar surface area (TPSA) is 61.8 Å². The Kier molecular flexibility index (Phi) is 3.80. The normalized spacial score (nSPS) is 47.4. The predicted octanol–water partition coefficient (Wildman–Crippen LogP) is 4.00. The van der Waals surface area contributed by atoms with Crippen LogP contribution in [0.25, 0.3) is 0 Å². The summed E-state index contributed by atoms with van der Waals surface area (Å²) in [5.41, 5.74) is 0.586. The third kappa shape index (κ3) is 2.20. The highest BCUT2D eigenvalue weighted by Gasteiger charge is 2.82. The van der Waals surface area contributed by atoms with E-state index in [-0.39, 0.29) is 35.3 Å². The number of rotatable bonds is 3. The second kappa shape index (κ2) is 5.64. The van der Waals surface area contributed by atoms with Gasteiger partial charge in [0, 0.05) is 11.3 Å². The van der Waals surface area contributed by atoms with Crippen LogP contribution < -0.4 is 0 Å². The van der Waals surface area contributed by atoms with Gasteiger partial charge >= 0.3 is 11.9 Å². The first-order valence-electron chi connectivity index (χ1n) is 10.9. The molecule has 4 bridgehead atoms. The molecule has 7 atom stereocenters. The van der Waals surface area contributed by atoms with E-state index in [1.165, 1.54) is 18.3 Å². The van der Waals surface area contributed by atoms with Crippen LogP contribution in [0.2, 0.25) is 19.6 Å². The van der Waals surface area contributed by atoms with Crippen LogP contribution in [0.5, 0.6) is 0 Å². The number of hydrogen-bond donors (Lipinski definition) is 0. The van der Waals surface area contributed by atoms with Crippen molar-refractivity contribution in [3.05, 3.63) is 23.8 Å². The van der Waals surface area contributed by atoms with E-state index >= 15 is 0 Å². The fourth-order valence-corrected chi connectivity index (χ4v) is 8.86. The van der Waals surface area contributed by atoms with E-state index in [0.717, 1.165) is 32.1 Å². The third-order valence-corrected chi connectivity index (χ3v) is 9.51. The summed E-state index contributed by atoms with van der Waals surface area (Å²) in [6.07, 6.45) is 6.23. The molecule has 1 aliphatic heterocycles. The Morgan fingerprint density at radius 2 is 2.07 bits per heavy atom. The number of methoxy groups -OCH3 is 1. The fraction of sp³-hybridized carbons (Fsp3) is 0.739. The molecule has 4 aliphatic carbocycles. The van der Waals surface area contributed by atoms with Crippen LogP contribution in [0.15, 0.2) is 23.8 Å². The van der Waals surface area contributed by atoms with E-state index in [9.17, 15) is 9.59 Å². The minimum atomic E-state index is -1.89. The molecule has 6 heteroatoms. The van der Waals surface area contributed by atoms with Gasteiger partial charge in [-0.25, -0.2) is 0 Å². The van der Waals surface area contributed by atoms with Crippen LogP contribution >= 0.6 is 0 Å². The molecule has 0 N–H and O–H groups in total. The van der Waals surface area contributed by atoms with Gasteiger partial charge in [0.05, 0.1) is 24.5 Å². The van der Waals surface area contributed by atoms with Crippen molar-refractivity contribution in [3.63, 3.8) is 0 Å². The van der Waals surface area contributed by atoms with Gasteiger partial charge in [-0.3, -0.25) is 9.59 Å². The number of fused-ring (bicyclic) bond motifs is 1. The lowest BCUT2D eigenvalue weighted by molar-refractivity contribution is -0.158. The lowest BCUT2D eigenvalue weighted by Crippen LogP contribution is -2.55. The zero-order valence-electron chi connectivity index (χ0n) is 18.2. The molecular weight excluding hydrogens is 384 g/mol. The molecule has 1 saturated heterocycles. The van der Waals surface area contributed by atoms with Gasteiger partial charge in [0.2, 0.25) is 0 Å². The van der Waals surface area contributed by atoms with Crippen molar-refractivity contribution in [2.75, 3.05) is 7.11 Å². The summed E-state index contributed by atoms with van der Waals surface area (Å²) in [6, 6.07) is 0. The molecular formula is C23H32O5Si. The molecule has 0 aromatic heterocycles. The van der Waals surface area contributed by atoms with E-state index in [0.29, 0.717) is 5.92 Å². The van der Waals surface area contributed by atoms with Crippen LogP contribution in [-0.4, -0.2) is 39.1 Å². The standard InChI is InChI=1S/C23H32O5Si/c1-13-11-22-12-14(13)7-8-15(22)23-10-9-16(28-29(4,5)6)21(2,20(25)27-23)18(23)17(22)19(24)26-3/h8,14,16-18H,1,7,9-12H2,2-6H3/t14-,16+,17?,18?,21?,22+,23-/m1/s1. The maximum atomic E-state index is 13.4. The van der Waals surface area contributed by atoms with Crippen molar-refractivity contribution in [2.24, 2.45) is 28.6 Å². The largest absolute Gasteiger partial charge is 0.469 e. The molecule has 5 aliphatic rings. The Bertz CT molecular complexity index is 856. The van der Waals surface area contributed by atoms with Crippen LogP contribution in [0.1, 0.15) is 39.0 Å². The summed E-state index contributed by atoms with van der Waals surface area (Å²) in [6.45, 7) is 12.8. The smallest absolute Gasteiger partial charge is 0.315 e. The Morgan fingerprint density at radius 1 is 1.34 bits per heavy atom. The minimum Gasteiger partial charge on any atom is -0.469 e. The van der Waals surface area contributed by atoms with Gasteiger partial charge in [-0.05, 0) is 70.2 Å². The van der Waals surface area contributed by atoms with Crippen LogP contribution in [0, 0.1) is 28.6 Å². The minimum absolute atomic E-state index is 0.202. The molecule has 158 valence electrons. The van der Waals surface area contributed by atoms with Gasteiger partial charge in [-0.15, -0.1) is 0 Å². The van der Waals surface area contributed by atoms with E-state index in [4.69, 9.17) is 13.9 Å². The number of esters is 2. The van der Waals surface area contributed by atoms with E-state index in [1.54, 1.807) is 0 Å². The van der Waals surface area contributed by atoms with Crippen LogP contribution in [0.4, 0.5) is 0 Å². The van der Waals surface area contributed by atoms with Crippen LogP contribution in [0.3, 0.4) is 0 Å². The van der Waals surface area contributed by atoms with Crippen molar-refractivity contribution < 1.29 is 23.5 Å². The fourth-order valence-electron chi connectivity index (χ4n) is 7.65. The molecule has 1 heterocycles. The summed E-state index contributed by atoms with van der Waals surface area (Å²) in [4.78, 5) is 26.7. The number of carbonyl (C=O) groups is 2. The maximum Gasteiger partial charge on any atom is 0.315 e. The molecule has 0 amide bonds. The molecule has 0 aromatic carbocycles. The van der Waals surface area contributed by atoms with Crippen molar-refractivity contribution in [3.8, 4) is 0 Å². The number of hydrogen-bond acceptors (Lipinski definition) is 5. The highest BCUT2D eigenvalue weighted by Crippen LogP contribution is 2.77. The second-order valence-electron chi connectivity index (χ2n) is 11.0. The summed E-state index contributed by atoms with van der Waals surface area (Å²) < 4.78 is 18.2. The number of allylic oxidation sites excluding steroid dienone is 2. The SMILES string of the molecule is C=C1C[C@]23C[C@H]1CC=C2[C@@]12CC[C@H](O[Si](C)(C)C)C(C)(C(=O)O1)C2C3C(=O)OC. The van der Waals surface area contributed by atoms with Gasteiger partial charge in [-0.1, -0.05) is 18.2 Å². The van der Waals surface area contributed by atoms with E-state index in [2.05, 4.69) is 32.3 Å². The van der Waals surface area contributed by atoms with Crippen LogP contribution in [-0.2, 0) is 23.5 Å². The Balaban J connectivity index is 1.70. The first-order chi connectivity index (χ1) is 13.5. The molecule has 5 rings (SSSR count). The van der Waals surface area contributed by atoms with Gasteiger partial charge in [0.1, 0.15) is 5.60 Å². The van der Waals surface area contributed by atoms with Gasteiger partial charge in [-0.2, -0.15) is 0 Å².